The summed E-state index contributed by atoms with van der Waals surface area (Å²) in [5, 5.41) is 0. The molecule has 0 saturated carbocycles. The van der Waals surface area contributed by atoms with Crippen LogP contribution in [-0.4, -0.2) is 62.2 Å². The number of morpholine rings is 1. The summed E-state index contributed by atoms with van der Waals surface area (Å²) in [7, 11) is 0. The molecule has 0 unspecified atom stereocenters. The Balaban J connectivity index is 2.31. The van der Waals surface area contributed by atoms with Crippen LogP contribution >= 0.6 is 0 Å². The van der Waals surface area contributed by atoms with Gasteiger partial charge in [0.1, 0.15) is 5.60 Å². The van der Waals surface area contributed by atoms with Gasteiger partial charge in [0.15, 0.2) is 0 Å². The average molecular weight is 274 g/mol. The lowest BCUT2D eigenvalue weighted by molar-refractivity contribution is -0.0724. The second-order valence-corrected chi connectivity index (χ2v) is 5.64. The molecule has 2 N–H and O–H groups in total. The van der Waals surface area contributed by atoms with Crippen LogP contribution in [0.1, 0.15) is 27.2 Å². The van der Waals surface area contributed by atoms with Crippen molar-refractivity contribution in [1.29, 1.82) is 0 Å². The molecule has 19 heavy (non-hydrogen) atoms. The average Bonchev–Trinajstić information content (AvgIpc) is 2.33. The second-order valence-electron chi connectivity index (χ2n) is 5.64. The number of rotatable bonds is 5. The first-order valence-corrected chi connectivity index (χ1v) is 6.79. The summed E-state index contributed by atoms with van der Waals surface area (Å²) in [6.07, 6.45) is 0.462. The van der Waals surface area contributed by atoms with Crippen LogP contribution in [0.25, 0.3) is 0 Å². The van der Waals surface area contributed by atoms with Crippen LogP contribution in [0.3, 0.4) is 0 Å². The first kappa shape index (κ1) is 16.2. The molecule has 0 aromatic rings. The van der Waals surface area contributed by atoms with Gasteiger partial charge in [-0.2, -0.15) is 0 Å². The van der Waals surface area contributed by atoms with E-state index in [-0.39, 0.29) is 12.2 Å². The maximum atomic E-state index is 11.9. The zero-order chi connectivity index (χ0) is 14.3. The zero-order valence-corrected chi connectivity index (χ0v) is 12.2. The molecule has 1 aliphatic heterocycles. The Bertz CT molecular complexity index is 278. The van der Waals surface area contributed by atoms with E-state index in [0.29, 0.717) is 39.5 Å². The minimum absolute atomic E-state index is 0.0842. The Morgan fingerprint density at radius 2 is 2.21 bits per heavy atom. The fourth-order valence-electron chi connectivity index (χ4n) is 1.71. The van der Waals surface area contributed by atoms with E-state index < -0.39 is 5.60 Å². The molecule has 1 rings (SSSR count). The highest BCUT2D eigenvalue weighted by Crippen LogP contribution is 2.13. The molecule has 112 valence electrons. The monoisotopic (exact) mass is 274 g/mol. The van der Waals surface area contributed by atoms with E-state index in [9.17, 15) is 4.79 Å². The molecule has 1 heterocycles. The van der Waals surface area contributed by atoms with E-state index in [1.54, 1.807) is 4.90 Å². The quantitative estimate of drug-likeness (QED) is 0.757. The molecule has 1 fully saturated rings. The largest absolute Gasteiger partial charge is 0.444 e. The molecule has 0 aromatic heterocycles. The van der Waals surface area contributed by atoms with Gasteiger partial charge in [0.2, 0.25) is 0 Å². The standard InChI is InChI=1S/C13H26N2O4/c1-13(2,3)19-12(16)15-6-8-18-11(9-15)10-17-7-4-5-14/h11H,4-10,14H2,1-3H3/t11-/m1/s1. The first-order valence-electron chi connectivity index (χ1n) is 6.79. The predicted molar refractivity (Wildman–Crippen MR) is 72.0 cm³/mol. The van der Waals surface area contributed by atoms with E-state index in [2.05, 4.69) is 0 Å². The molecule has 0 spiro atoms. The first-order chi connectivity index (χ1) is 8.92. The highest BCUT2D eigenvalue weighted by atomic mass is 16.6. The smallest absolute Gasteiger partial charge is 0.410 e. The van der Waals surface area contributed by atoms with Crippen molar-refractivity contribution < 1.29 is 19.0 Å². The minimum Gasteiger partial charge on any atom is -0.444 e. The molecular formula is C13H26N2O4. The topological polar surface area (TPSA) is 74.0 Å². The molecule has 0 radical (unpaired) electrons. The van der Waals surface area contributed by atoms with E-state index >= 15 is 0 Å². The maximum Gasteiger partial charge on any atom is 0.410 e. The maximum absolute atomic E-state index is 11.9. The van der Waals surface area contributed by atoms with E-state index in [1.807, 2.05) is 20.8 Å². The number of carbonyl (C=O) groups excluding carboxylic acids is 1. The Kier molecular flexibility index (Phi) is 6.54. The van der Waals surface area contributed by atoms with Crippen LogP contribution < -0.4 is 5.73 Å². The third-order valence-corrected chi connectivity index (χ3v) is 2.59. The Hall–Kier alpha value is -0.850. The number of amides is 1. The van der Waals surface area contributed by atoms with E-state index in [0.717, 1.165) is 6.42 Å². The van der Waals surface area contributed by atoms with E-state index in [1.165, 1.54) is 0 Å². The summed E-state index contributed by atoms with van der Waals surface area (Å²) < 4.78 is 16.4. The van der Waals surface area contributed by atoms with Gasteiger partial charge in [-0.05, 0) is 33.7 Å². The number of hydrogen-bond acceptors (Lipinski definition) is 5. The van der Waals surface area contributed by atoms with Crippen molar-refractivity contribution in [3.05, 3.63) is 0 Å². The normalized spacial score (nSPS) is 20.4. The molecular weight excluding hydrogens is 248 g/mol. The van der Waals surface area contributed by atoms with Gasteiger partial charge in [-0.3, -0.25) is 0 Å². The van der Waals surface area contributed by atoms with Gasteiger partial charge in [-0.15, -0.1) is 0 Å². The molecule has 1 saturated heterocycles. The molecule has 1 aliphatic rings. The molecule has 1 atom stereocenters. The predicted octanol–water partition coefficient (Wildman–Crippen LogP) is 0.988. The lowest BCUT2D eigenvalue weighted by Gasteiger charge is -2.34. The van der Waals surface area contributed by atoms with Gasteiger partial charge < -0.3 is 24.8 Å². The lowest BCUT2D eigenvalue weighted by atomic mass is 10.2. The molecule has 0 aliphatic carbocycles. The van der Waals surface area contributed by atoms with Gasteiger partial charge in [-0.1, -0.05) is 0 Å². The SMILES string of the molecule is CC(C)(C)OC(=O)N1CCO[C@@H](COCCCN)C1. The van der Waals surface area contributed by atoms with Gasteiger partial charge in [0.25, 0.3) is 0 Å². The number of carbonyl (C=O) groups is 1. The molecule has 0 aromatic carbocycles. The number of ether oxygens (including phenoxy) is 3. The van der Waals surface area contributed by atoms with Crippen LogP contribution in [0.5, 0.6) is 0 Å². The molecule has 6 heteroatoms. The molecule has 6 nitrogen and oxygen atoms in total. The summed E-state index contributed by atoms with van der Waals surface area (Å²) in [6.45, 7) is 8.91. The summed E-state index contributed by atoms with van der Waals surface area (Å²) in [5.41, 5.74) is 4.92. The van der Waals surface area contributed by atoms with Crippen LogP contribution in [0.15, 0.2) is 0 Å². The van der Waals surface area contributed by atoms with Crippen molar-refractivity contribution in [1.82, 2.24) is 4.90 Å². The van der Waals surface area contributed by atoms with Crippen LogP contribution in [0.2, 0.25) is 0 Å². The number of nitrogens with two attached hydrogens (primary N) is 1. The fraction of sp³-hybridized carbons (Fsp3) is 0.923. The number of hydrogen-bond donors (Lipinski definition) is 1. The van der Waals surface area contributed by atoms with Crippen molar-refractivity contribution in [2.24, 2.45) is 5.73 Å². The van der Waals surface area contributed by atoms with Gasteiger partial charge in [0, 0.05) is 13.2 Å². The number of nitrogens with zero attached hydrogens (tertiary/aromatic N) is 1. The van der Waals surface area contributed by atoms with Crippen LogP contribution in [0.4, 0.5) is 4.79 Å². The third-order valence-electron chi connectivity index (χ3n) is 2.59. The molecule has 0 bridgehead atoms. The van der Waals surface area contributed by atoms with Crippen LogP contribution in [-0.2, 0) is 14.2 Å². The Morgan fingerprint density at radius 1 is 1.47 bits per heavy atom. The lowest BCUT2D eigenvalue weighted by Crippen LogP contribution is -2.48. The summed E-state index contributed by atoms with van der Waals surface area (Å²) in [5.74, 6) is 0. The summed E-state index contributed by atoms with van der Waals surface area (Å²) in [6, 6.07) is 0. The van der Waals surface area contributed by atoms with Gasteiger partial charge in [0.05, 0.1) is 25.9 Å². The highest BCUT2D eigenvalue weighted by molar-refractivity contribution is 5.68. The van der Waals surface area contributed by atoms with Crippen molar-refractivity contribution in [2.45, 2.75) is 38.9 Å². The van der Waals surface area contributed by atoms with Crippen molar-refractivity contribution in [3.63, 3.8) is 0 Å². The highest BCUT2D eigenvalue weighted by Gasteiger charge is 2.28. The van der Waals surface area contributed by atoms with Crippen molar-refractivity contribution in [3.8, 4) is 0 Å². The Morgan fingerprint density at radius 3 is 2.84 bits per heavy atom. The second kappa shape index (κ2) is 7.67. The molecule has 1 amide bonds. The van der Waals surface area contributed by atoms with Gasteiger partial charge >= 0.3 is 6.09 Å². The van der Waals surface area contributed by atoms with E-state index in [4.69, 9.17) is 19.9 Å². The third kappa shape index (κ3) is 6.75. The zero-order valence-electron chi connectivity index (χ0n) is 12.2. The summed E-state index contributed by atoms with van der Waals surface area (Å²) >= 11 is 0. The van der Waals surface area contributed by atoms with Crippen molar-refractivity contribution >= 4 is 6.09 Å². The van der Waals surface area contributed by atoms with Crippen LogP contribution in [0, 0.1) is 0 Å². The summed E-state index contributed by atoms with van der Waals surface area (Å²) in [4.78, 5) is 13.6. The van der Waals surface area contributed by atoms with Crippen molar-refractivity contribution in [2.75, 3.05) is 39.5 Å². The fourth-order valence-corrected chi connectivity index (χ4v) is 1.71. The van der Waals surface area contributed by atoms with Gasteiger partial charge in [-0.25, -0.2) is 4.79 Å². The Labute approximate surface area is 115 Å². The minimum atomic E-state index is -0.470.